The van der Waals surface area contributed by atoms with Gasteiger partial charge in [0.15, 0.2) is 0 Å². The molecule has 2 heterocycles. The summed E-state index contributed by atoms with van der Waals surface area (Å²) in [6, 6.07) is 16.6. The smallest absolute Gasteiger partial charge is 0.252 e. The number of aromatic hydroxyl groups is 1. The molecule has 0 bridgehead atoms. The summed E-state index contributed by atoms with van der Waals surface area (Å²) in [6.45, 7) is 3.18. The maximum absolute atomic E-state index is 14.3. The molecule has 0 spiro atoms. The number of amides is 2. The number of halogens is 1. The van der Waals surface area contributed by atoms with Crippen LogP contribution in [0.1, 0.15) is 84.0 Å². The van der Waals surface area contributed by atoms with E-state index in [1.54, 1.807) is 0 Å². The van der Waals surface area contributed by atoms with E-state index in [-0.39, 0.29) is 23.3 Å². The Bertz CT molecular complexity index is 1880. The Morgan fingerprint density at radius 2 is 1.91 bits per heavy atom. The fourth-order valence-electron chi connectivity index (χ4n) is 9.86. The van der Waals surface area contributed by atoms with Crippen molar-refractivity contribution in [3.63, 3.8) is 0 Å². The number of nitrogens with one attached hydrogen (secondary N) is 3. The number of hydrogen-bond acceptors (Lipinski definition) is 4. The molecule has 4 aliphatic rings. The normalized spacial score (nSPS) is 27.8. The maximum atomic E-state index is 14.3. The van der Waals surface area contributed by atoms with Gasteiger partial charge in [0.2, 0.25) is 5.91 Å². The third kappa shape index (κ3) is 5.12. The molecule has 4 aromatic rings. The van der Waals surface area contributed by atoms with E-state index in [1.807, 2.05) is 36.4 Å². The minimum absolute atomic E-state index is 0.0281. The lowest BCUT2D eigenvalue weighted by molar-refractivity contribution is -0.122. The lowest BCUT2D eigenvalue weighted by Gasteiger charge is -2.53. The van der Waals surface area contributed by atoms with Gasteiger partial charge in [0.05, 0.1) is 11.7 Å². The number of aliphatic hydroxyl groups excluding tert-OH is 1. The van der Waals surface area contributed by atoms with Crippen LogP contribution in [0.15, 0.2) is 54.6 Å². The molecule has 2 saturated carbocycles. The first-order chi connectivity index (χ1) is 22.7. The summed E-state index contributed by atoms with van der Waals surface area (Å²) in [4.78, 5) is 29.1. The number of hydrogen-bond donors (Lipinski definition) is 5. The number of aliphatic hydroxyl groups is 1. The van der Waals surface area contributed by atoms with Gasteiger partial charge in [-0.3, -0.25) is 9.59 Å². The van der Waals surface area contributed by atoms with Crippen LogP contribution in [0.2, 0.25) is 0 Å². The number of aromatic nitrogens is 1. The Labute approximate surface area is 274 Å². The fraction of sp³-hybridized carbons (Fsp3) is 0.436. The molecule has 8 heteroatoms. The van der Waals surface area contributed by atoms with Gasteiger partial charge in [0.25, 0.3) is 5.91 Å². The van der Waals surface area contributed by atoms with Crippen LogP contribution in [0, 0.1) is 29.0 Å². The topological polar surface area (TPSA) is 114 Å². The summed E-state index contributed by atoms with van der Waals surface area (Å²) < 4.78 is 14.3. The van der Waals surface area contributed by atoms with Gasteiger partial charge in [0, 0.05) is 36.1 Å². The molecule has 2 amide bonds. The highest BCUT2D eigenvalue weighted by atomic mass is 19.1. The molecule has 1 aliphatic heterocycles. The van der Waals surface area contributed by atoms with Crippen LogP contribution in [0.25, 0.3) is 22.2 Å². The highest BCUT2D eigenvalue weighted by Gasteiger charge is 2.56. The van der Waals surface area contributed by atoms with Crippen molar-refractivity contribution in [2.45, 2.75) is 76.9 Å². The van der Waals surface area contributed by atoms with Gasteiger partial charge >= 0.3 is 0 Å². The van der Waals surface area contributed by atoms with Crippen molar-refractivity contribution < 1.29 is 24.2 Å². The zero-order valence-electron chi connectivity index (χ0n) is 26.7. The quantitative estimate of drug-likeness (QED) is 0.166. The molecular weight excluding hydrogens is 593 g/mol. The molecule has 5 N–H and O–H groups in total. The summed E-state index contributed by atoms with van der Waals surface area (Å²) in [5.74, 6) is 1.24. The molecule has 0 saturated heterocycles. The van der Waals surface area contributed by atoms with Crippen molar-refractivity contribution >= 4 is 22.7 Å². The Balaban J connectivity index is 0.949. The molecular formula is C39H42FN3O4. The van der Waals surface area contributed by atoms with E-state index < -0.39 is 5.82 Å². The van der Waals surface area contributed by atoms with Crippen molar-refractivity contribution in [1.82, 2.24) is 15.6 Å². The Morgan fingerprint density at radius 1 is 1.09 bits per heavy atom. The highest BCUT2D eigenvalue weighted by molar-refractivity contribution is 6.10. The van der Waals surface area contributed by atoms with Gasteiger partial charge in [-0.25, -0.2) is 4.39 Å². The minimum Gasteiger partial charge on any atom is -0.508 e. The number of phenolic OH excluding ortho intramolecular Hbond substituents is 1. The Hall–Kier alpha value is -4.17. The number of carbonyl (C=O) groups is 2. The number of H-pyrrole nitrogens is 1. The third-order valence-electron chi connectivity index (χ3n) is 12.2. The SMILES string of the molecule is C[C@]12CC[C@@H]3c4ccc(O)cc4C[C@@H](CCC(=O)NCc4ccc(-c5[nH]c6cc(F)cc7c6c5CCNC7=O)cc4)[C@H]3[C@@H]1CC[C@@H]2O. The second-order valence-electron chi connectivity index (χ2n) is 14.6. The number of fused-ring (bicyclic) bond motifs is 5. The van der Waals surface area contributed by atoms with E-state index >= 15 is 0 Å². The van der Waals surface area contributed by atoms with Gasteiger partial charge in [0.1, 0.15) is 11.6 Å². The average Bonchev–Trinajstić information content (AvgIpc) is 3.52. The van der Waals surface area contributed by atoms with Crippen molar-refractivity contribution in [3.05, 3.63) is 88.2 Å². The maximum Gasteiger partial charge on any atom is 0.252 e. The molecule has 0 radical (unpaired) electrons. The predicted molar refractivity (Wildman–Crippen MR) is 178 cm³/mol. The van der Waals surface area contributed by atoms with Crippen molar-refractivity contribution in [3.8, 4) is 17.0 Å². The largest absolute Gasteiger partial charge is 0.508 e. The predicted octanol–water partition coefficient (Wildman–Crippen LogP) is 6.51. The van der Waals surface area contributed by atoms with E-state index in [4.69, 9.17) is 0 Å². The summed E-state index contributed by atoms with van der Waals surface area (Å²) >= 11 is 0. The number of phenols is 1. The Kier molecular flexibility index (Phi) is 7.39. The zero-order chi connectivity index (χ0) is 32.4. The molecule has 244 valence electrons. The molecule has 3 aliphatic carbocycles. The first kappa shape index (κ1) is 30.2. The second-order valence-corrected chi connectivity index (χ2v) is 14.6. The van der Waals surface area contributed by atoms with Crippen LogP contribution in [-0.2, 0) is 24.2 Å². The van der Waals surface area contributed by atoms with Crippen LogP contribution < -0.4 is 10.6 Å². The Morgan fingerprint density at radius 3 is 2.74 bits per heavy atom. The standard InChI is InChI=1S/C39H42FN3O4/c1-39-14-12-28-27-8-7-26(44)17-24(27)16-23(35(28)31(39)9-10-33(39)45)6-11-34(46)42-20-21-2-4-22(5-3-21)37-29-13-15-41-38(47)30-18-25(40)19-32(43-37)36(29)30/h2-5,7-8,17-19,23,28,31,33,35,43-45H,6,9-16,20H2,1H3,(H,41,47)(H,42,46)/t23-,28-,31+,33+,35-,39+/m1/s1. The van der Waals surface area contributed by atoms with Gasteiger partial charge in [-0.2, -0.15) is 0 Å². The van der Waals surface area contributed by atoms with Crippen LogP contribution in [0.3, 0.4) is 0 Å². The molecule has 6 atom stereocenters. The van der Waals surface area contributed by atoms with Crippen LogP contribution >= 0.6 is 0 Å². The van der Waals surface area contributed by atoms with Gasteiger partial charge in [-0.05, 0) is 126 Å². The van der Waals surface area contributed by atoms with E-state index in [1.165, 1.54) is 23.3 Å². The second kappa shape index (κ2) is 11.5. The molecule has 47 heavy (non-hydrogen) atoms. The molecule has 0 unspecified atom stereocenters. The van der Waals surface area contributed by atoms with Crippen molar-refractivity contribution in [1.29, 1.82) is 0 Å². The van der Waals surface area contributed by atoms with Crippen molar-refractivity contribution in [2.75, 3.05) is 6.54 Å². The van der Waals surface area contributed by atoms with Crippen LogP contribution in [0.4, 0.5) is 4.39 Å². The monoisotopic (exact) mass is 635 g/mol. The molecule has 3 aromatic carbocycles. The van der Waals surface area contributed by atoms with Crippen molar-refractivity contribution in [2.24, 2.45) is 23.2 Å². The number of carbonyl (C=O) groups excluding carboxylic acids is 2. The lowest BCUT2D eigenvalue weighted by atomic mass is 9.52. The summed E-state index contributed by atoms with van der Waals surface area (Å²) in [6.07, 6.45) is 6.43. The number of aromatic amines is 1. The average molecular weight is 636 g/mol. The van der Waals surface area contributed by atoms with Gasteiger partial charge < -0.3 is 25.8 Å². The van der Waals surface area contributed by atoms with Crippen LogP contribution in [-0.4, -0.2) is 39.7 Å². The molecule has 7 nitrogen and oxygen atoms in total. The highest BCUT2D eigenvalue weighted by Crippen LogP contribution is 2.62. The van der Waals surface area contributed by atoms with Gasteiger partial charge in [-0.1, -0.05) is 37.3 Å². The van der Waals surface area contributed by atoms with E-state index in [0.29, 0.717) is 66.4 Å². The fourth-order valence-corrected chi connectivity index (χ4v) is 9.86. The first-order valence-electron chi connectivity index (χ1n) is 17.2. The summed E-state index contributed by atoms with van der Waals surface area (Å²) in [5.41, 5.74) is 7.30. The van der Waals surface area contributed by atoms with Crippen LogP contribution in [0.5, 0.6) is 5.75 Å². The first-order valence-corrected chi connectivity index (χ1v) is 17.2. The zero-order valence-corrected chi connectivity index (χ0v) is 26.7. The summed E-state index contributed by atoms with van der Waals surface area (Å²) in [5, 5.41) is 28.0. The number of benzene rings is 3. The minimum atomic E-state index is -0.447. The van der Waals surface area contributed by atoms with E-state index in [9.17, 15) is 24.2 Å². The third-order valence-corrected chi connectivity index (χ3v) is 12.2. The molecule has 8 rings (SSSR count). The molecule has 1 aromatic heterocycles. The summed E-state index contributed by atoms with van der Waals surface area (Å²) in [7, 11) is 0. The van der Waals surface area contributed by atoms with Gasteiger partial charge in [-0.15, -0.1) is 0 Å². The number of rotatable bonds is 6. The molecule has 2 fully saturated rings. The lowest BCUT2D eigenvalue weighted by Crippen LogP contribution is -2.47. The van der Waals surface area contributed by atoms with E-state index in [0.717, 1.165) is 66.3 Å². The van der Waals surface area contributed by atoms with E-state index in [2.05, 4.69) is 28.6 Å².